The molecule has 4 rings (SSSR count). The number of amides is 1. The monoisotopic (exact) mass is 415 g/mol. The van der Waals surface area contributed by atoms with Crippen molar-refractivity contribution in [3.63, 3.8) is 0 Å². The Morgan fingerprint density at radius 1 is 1.23 bits per heavy atom. The number of nitrogens with zero attached hydrogens (tertiary/aromatic N) is 3. The van der Waals surface area contributed by atoms with Crippen LogP contribution in [0.5, 0.6) is 0 Å². The lowest BCUT2D eigenvalue weighted by atomic mass is 10.1. The van der Waals surface area contributed by atoms with Crippen LogP contribution in [0, 0.1) is 17.2 Å². The quantitative estimate of drug-likeness (QED) is 0.640. The molecule has 8 heteroatoms. The summed E-state index contributed by atoms with van der Waals surface area (Å²) in [5.41, 5.74) is 2.81. The fraction of sp³-hybridized carbons (Fsp3) is 0.217. The van der Waals surface area contributed by atoms with Crippen LogP contribution < -0.4 is 16.1 Å². The highest BCUT2D eigenvalue weighted by molar-refractivity contribution is 5.84. The molecule has 0 unspecified atom stereocenters. The summed E-state index contributed by atoms with van der Waals surface area (Å²) in [7, 11) is 0. The standard InChI is InChI=1S/C23H21N5O3/c24-12-17-4-2-6-20(10-17)28-8-7-22(29)21(27-28)11-16-3-1-5-19(9-16)26-23(30)31-15-18-13-25-14-18/h1-10,18,25H,11,13-15H2,(H,26,30). The van der Waals surface area contributed by atoms with Gasteiger partial charge in [-0.15, -0.1) is 0 Å². The highest BCUT2D eigenvalue weighted by atomic mass is 16.5. The van der Waals surface area contributed by atoms with Crippen LogP contribution in [0.2, 0.25) is 0 Å². The number of ether oxygens (including phenoxy) is 1. The number of nitrogens with one attached hydrogen (secondary N) is 2. The van der Waals surface area contributed by atoms with Crippen molar-refractivity contribution >= 4 is 11.8 Å². The van der Waals surface area contributed by atoms with E-state index < -0.39 is 6.09 Å². The molecule has 1 fully saturated rings. The van der Waals surface area contributed by atoms with Crippen molar-refractivity contribution in [3.8, 4) is 11.8 Å². The third-order valence-electron chi connectivity index (χ3n) is 4.98. The van der Waals surface area contributed by atoms with E-state index in [4.69, 9.17) is 10.00 Å². The first-order valence-corrected chi connectivity index (χ1v) is 9.93. The van der Waals surface area contributed by atoms with Gasteiger partial charge in [0.25, 0.3) is 0 Å². The minimum atomic E-state index is -0.499. The Morgan fingerprint density at radius 3 is 2.84 bits per heavy atom. The van der Waals surface area contributed by atoms with E-state index in [1.165, 1.54) is 6.07 Å². The van der Waals surface area contributed by atoms with Gasteiger partial charge in [0.05, 0.1) is 23.9 Å². The van der Waals surface area contributed by atoms with E-state index in [1.54, 1.807) is 47.3 Å². The lowest BCUT2D eigenvalue weighted by Gasteiger charge is -2.26. The minimum absolute atomic E-state index is 0.181. The van der Waals surface area contributed by atoms with Gasteiger partial charge >= 0.3 is 6.09 Å². The van der Waals surface area contributed by atoms with E-state index in [2.05, 4.69) is 21.8 Å². The maximum atomic E-state index is 12.4. The van der Waals surface area contributed by atoms with Crippen LogP contribution >= 0.6 is 0 Å². The van der Waals surface area contributed by atoms with Gasteiger partial charge in [-0.1, -0.05) is 18.2 Å². The second-order valence-electron chi connectivity index (χ2n) is 7.36. The van der Waals surface area contributed by atoms with Crippen molar-refractivity contribution in [2.45, 2.75) is 6.42 Å². The van der Waals surface area contributed by atoms with Crippen molar-refractivity contribution < 1.29 is 9.53 Å². The number of aromatic nitrogens is 2. The van der Waals surface area contributed by atoms with Crippen molar-refractivity contribution in [1.29, 1.82) is 5.26 Å². The summed E-state index contributed by atoms with van der Waals surface area (Å²) >= 11 is 0. The van der Waals surface area contributed by atoms with Crippen LogP contribution in [0.3, 0.4) is 0 Å². The van der Waals surface area contributed by atoms with E-state index in [1.807, 2.05) is 12.1 Å². The normalized spacial score (nSPS) is 13.1. The largest absolute Gasteiger partial charge is 0.449 e. The fourth-order valence-electron chi connectivity index (χ4n) is 3.20. The van der Waals surface area contributed by atoms with E-state index in [0.717, 1.165) is 18.7 Å². The smallest absolute Gasteiger partial charge is 0.411 e. The average molecular weight is 415 g/mol. The van der Waals surface area contributed by atoms with Crippen molar-refractivity contribution in [3.05, 3.63) is 87.8 Å². The van der Waals surface area contributed by atoms with E-state index in [-0.39, 0.29) is 5.43 Å². The molecule has 0 radical (unpaired) electrons. The number of nitriles is 1. The Bertz CT molecular complexity index is 1190. The summed E-state index contributed by atoms with van der Waals surface area (Å²) in [5.74, 6) is 0.372. The van der Waals surface area contributed by atoms with Gasteiger partial charge in [0.1, 0.15) is 5.69 Å². The third kappa shape index (κ3) is 5.15. The van der Waals surface area contributed by atoms with E-state index >= 15 is 0 Å². The van der Waals surface area contributed by atoms with E-state index in [9.17, 15) is 9.59 Å². The molecule has 8 nitrogen and oxygen atoms in total. The summed E-state index contributed by atoms with van der Waals surface area (Å²) in [4.78, 5) is 24.3. The van der Waals surface area contributed by atoms with Crippen molar-refractivity contribution in [2.24, 2.45) is 5.92 Å². The Hall–Kier alpha value is -3.96. The predicted octanol–water partition coefficient (Wildman–Crippen LogP) is 2.46. The number of hydrogen-bond donors (Lipinski definition) is 2. The van der Waals surface area contributed by atoms with Crippen LogP contribution in [0.15, 0.2) is 65.6 Å². The van der Waals surface area contributed by atoms with Crippen LogP contribution in [-0.2, 0) is 11.2 Å². The average Bonchev–Trinajstić information content (AvgIpc) is 2.74. The second-order valence-corrected chi connectivity index (χ2v) is 7.36. The van der Waals surface area contributed by atoms with Gasteiger partial charge in [0.2, 0.25) is 5.43 Å². The van der Waals surface area contributed by atoms with Gasteiger partial charge in [-0.25, -0.2) is 9.48 Å². The van der Waals surface area contributed by atoms with Crippen molar-refractivity contribution in [2.75, 3.05) is 25.0 Å². The number of hydrogen-bond acceptors (Lipinski definition) is 6. The topological polar surface area (TPSA) is 109 Å². The molecule has 3 aromatic rings. The Morgan fingerprint density at radius 2 is 2.06 bits per heavy atom. The second kappa shape index (κ2) is 9.24. The van der Waals surface area contributed by atoms with Crippen LogP contribution in [0.25, 0.3) is 5.69 Å². The SMILES string of the molecule is N#Cc1cccc(-n2ccc(=O)c(Cc3cccc(NC(=O)OCC4CNC4)c3)n2)c1. The summed E-state index contributed by atoms with van der Waals surface area (Å²) in [6.45, 7) is 2.12. The lowest BCUT2D eigenvalue weighted by molar-refractivity contribution is 0.124. The molecule has 0 saturated carbocycles. The highest BCUT2D eigenvalue weighted by Crippen LogP contribution is 2.14. The van der Waals surface area contributed by atoms with E-state index in [0.29, 0.717) is 41.6 Å². The van der Waals surface area contributed by atoms with Gasteiger partial charge in [0.15, 0.2) is 0 Å². The van der Waals surface area contributed by atoms with Crippen molar-refractivity contribution in [1.82, 2.24) is 15.1 Å². The molecule has 0 bridgehead atoms. The molecule has 0 aliphatic carbocycles. The van der Waals surface area contributed by atoms with Gasteiger partial charge in [-0.05, 0) is 35.9 Å². The molecular formula is C23H21N5O3. The minimum Gasteiger partial charge on any atom is -0.449 e. The first-order chi connectivity index (χ1) is 15.1. The van der Waals surface area contributed by atoms with Crippen LogP contribution in [0.4, 0.5) is 10.5 Å². The molecule has 31 heavy (non-hydrogen) atoms. The molecule has 2 N–H and O–H groups in total. The summed E-state index contributed by atoms with van der Waals surface area (Å²) < 4.78 is 6.81. The lowest BCUT2D eigenvalue weighted by Crippen LogP contribution is -2.45. The summed E-state index contributed by atoms with van der Waals surface area (Å²) in [6.07, 6.45) is 1.38. The van der Waals surface area contributed by atoms with Crippen LogP contribution in [0.1, 0.15) is 16.8 Å². The number of benzene rings is 2. The zero-order chi connectivity index (χ0) is 21.6. The van der Waals surface area contributed by atoms with Crippen LogP contribution in [-0.4, -0.2) is 35.6 Å². The molecule has 156 valence electrons. The first kappa shape index (κ1) is 20.3. The zero-order valence-electron chi connectivity index (χ0n) is 16.7. The van der Waals surface area contributed by atoms with Gasteiger partial charge in [-0.2, -0.15) is 10.4 Å². The van der Waals surface area contributed by atoms with Gasteiger partial charge < -0.3 is 10.1 Å². The molecule has 0 atom stereocenters. The maximum Gasteiger partial charge on any atom is 0.411 e. The first-order valence-electron chi connectivity index (χ1n) is 9.93. The van der Waals surface area contributed by atoms with Gasteiger partial charge in [0, 0.05) is 43.4 Å². The molecule has 1 amide bonds. The molecule has 1 aromatic heterocycles. The molecule has 0 spiro atoms. The van der Waals surface area contributed by atoms with Gasteiger partial charge in [-0.3, -0.25) is 10.1 Å². The molecule has 1 aliphatic rings. The Balaban J connectivity index is 1.47. The molecule has 2 aromatic carbocycles. The summed E-state index contributed by atoms with van der Waals surface area (Å²) in [5, 5.41) is 19.4. The molecule has 2 heterocycles. The fourth-order valence-corrected chi connectivity index (χ4v) is 3.20. The maximum absolute atomic E-state index is 12.4. The number of rotatable bonds is 6. The summed E-state index contributed by atoms with van der Waals surface area (Å²) in [6, 6.07) is 17.8. The highest BCUT2D eigenvalue weighted by Gasteiger charge is 2.18. The Kier molecular flexibility index (Phi) is 6.05. The number of carbonyl (C=O) groups is 1. The third-order valence-corrected chi connectivity index (χ3v) is 4.98. The number of anilines is 1. The molecule has 1 aliphatic heterocycles. The number of carbonyl (C=O) groups excluding carboxylic acids is 1. The molecule has 1 saturated heterocycles. The predicted molar refractivity (Wildman–Crippen MR) is 115 cm³/mol. The molecular weight excluding hydrogens is 394 g/mol. The Labute approximate surface area is 179 Å². The zero-order valence-corrected chi connectivity index (χ0v) is 16.7.